The van der Waals surface area contributed by atoms with Gasteiger partial charge in [-0.05, 0) is 62.9 Å². The molecule has 1 fully saturated rings. The zero-order valence-corrected chi connectivity index (χ0v) is 16.9. The molecule has 4 nitrogen and oxygen atoms in total. The van der Waals surface area contributed by atoms with Gasteiger partial charge in [-0.2, -0.15) is 0 Å². The molecule has 0 aliphatic carbocycles. The van der Waals surface area contributed by atoms with E-state index in [0.29, 0.717) is 12.1 Å². The van der Waals surface area contributed by atoms with Crippen LogP contribution in [0.4, 0.5) is 0 Å². The van der Waals surface area contributed by atoms with Crippen molar-refractivity contribution in [2.45, 2.75) is 46.3 Å². The van der Waals surface area contributed by atoms with Crippen molar-refractivity contribution in [3.05, 3.63) is 70.4 Å². The lowest BCUT2D eigenvalue weighted by atomic mass is 10.1. The number of nitrogens with zero attached hydrogens (tertiary/aromatic N) is 1. The highest BCUT2D eigenvalue weighted by molar-refractivity contribution is 5.99. The highest BCUT2D eigenvalue weighted by Gasteiger charge is 2.18. The van der Waals surface area contributed by atoms with Crippen LogP contribution >= 0.6 is 0 Å². The molecule has 1 aliphatic rings. The number of carbonyl (C=O) groups is 1. The van der Waals surface area contributed by atoms with Crippen LogP contribution < -0.4 is 5.32 Å². The van der Waals surface area contributed by atoms with Crippen LogP contribution in [0.5, 0.6) is 0 Å². The molecule has 2 heterocycles. The summed E-state index contributed by atoms with van der Waals surface area (Å²) in [6, 6.07) is 14.7. The number of aromatic nitrogens is 1. The highest BCUT2D eigenvalue weighted by Crippen LogP contribution is 2.27. The number of aryl methyl sites for hydroxylation is 2. The molecule has 1 saturated heterocycles. The van der Waals surface area contributed by atoms with E-state index in [1.165, 1.54) is 27.9 Å². The third-order valence-electron chi connectivity index (χ3n) is 5.84. The lowest BCUT2D eigenvalue weighted by molar-refractivity contribution is 0.0858. The topological polar surface area (TPSA) is 43.3 Å². The molecule has 0 radical (unpaired) electrons. The van der Waals surface area contributed by atoms with Gasteiger partial charge in [-0.3, -0.25) is 4.79 Å². The van der Waals surface area contributed by atoms with E-state index in [-0.39, 0.29) is 12.0 Å². The standard InChI is InChI=1S/C24H28N2O2/c1-16-6-4-7-19(12-16)15-26-18(3)17(2)22-13-20(9-10-23(22)26)24(27)25-14-21-8-5-11-28-21/h4,6-7,9-10,12-13,21H,5,8,11,14-15H2,1-3H3,(H,25,27). The molecule has 1 unspecified atom stereocenters. The quantitative estimate of drug-likeness (QED) is 0.711. The number of carbonyl (C=O) groups excluding carboxylic acids is 1. The number of rotatable bonds is 5. The smallest absolute Gasteiger partial charge is 0.251 e. The fraction of sp³-hybridized carbons (Fsp3) is 0.375. The first-order valence-corrected chi connectivity index (χ1v) is 10.1. The molecule has 28 heavy (non-hydrogen) atoms. The predicted octanol–water partition coefficient (Wildman–Crippen LogP) is 4.52. The maximum Gasteiger partial charge on any atom is 0.251 e. The summed E-state index contributed by atoms with van der Waals surface area (Å²) in [5.41, 5.74) is 6.92. The second kappa shape index (κ2) is 7.80. The molecular formula is C24H28N2O2. The van der Waals surface area contributed by atoms with Crippen LogP contribution in [0.25, 0.3) is 10.9 Å². The Morgan fingerprint density at radius 2 is 2.04 bits per heavy atom. The van der Waals surface area contributed by atoms with Gasteiger partial charge in [0.1, 0.15) is 0 Å². The highest BCUT2D eigenvalue weighted by atomic mass is 16.5. The summed E-state index contributed by atoms with van der Waals surface area (Å²) in [6.07, 6.45) is 2.27. The third-order valence-corrected chi connectivity index (χ3v) is 5.84. The number of hydrogen-bond donors (Lipinski definition) is 1. The van der Waals surface area contributed by atoms with E-state index in [9.17, 15) is 4.79 Å². The zero-order valence-electron chi connectivity index (χ0n) is 16.9. The van der Waals surface area contributed by atoms with Crippen molar-refractivity contribution in [1.82, 2.24) is 9.88 Å². The van der Waals surface area contributed by atoms with Crippen molar-refractivity contribution < 1.29 is 9.53 Å². The van der Waals surface area contributed by atoms with Crippen molar-refractivity contribution in [1.29, 1.82) is 0 Å². The van der Waals surface area contributed by atoms with Gasteiger partial charge in [-0.25, -0.2) is 0 Å². The Balaban J connectivity index is 1.59. The van der Waals surface area contributed by atoms with Gasteiger partial charge >= 0.3 is 0 Å². The first-order valence-electron chi connectivity index (χ1n) is 10.1. The molecule has 1 N–H and O–H groups in total. The molecule has 0 bridgehead atoms. The van der Waals surface area contributed by atoms with E-state index in [1.807, 2.05) is 12.1 Å². The molecule has 2 aromatic carbocycles. The summed E-state index contributed by atoms with van der Waals surface area (Å²) < 4.78 is 7.94. The fourth-order valence-electron chi connectivity index (χ4n) is 4.10. The molecule has 1 atom stereocenters. The van der Waals surface area contributed by atoms with Crippen molar-refractivity contribution in [2.24, 2.45) is 0 Å². The van der Waals surface area contributed by atoms with E-state index >= 15 is 0 Å². The number of ether oxygens (including phenoxy) is 1. The van der Waals surface area contributed by atoms with Crippen LogP contribution in [-0.4, -0.2) is 29.7 Å². The van der Waals surface area contributed by atoms with Crippen molar-refractivity contribution in [3.8, 4) is 0 Å². The third kappa shape index (κ3) is 3.69. The molecule has 146 valence electrons. The zero-order chi connectivity index (χ0) is 19.7. The number of amides is 1. The van der Waals surface area contributed by atoms with E-state index in [4.69, 9.17) is 4.74 Å². The van der Waals surface area contributed by atoms with Gasteiger partial charge in [0, 0.05) is 41.9 Å². The summed E-state index contributed by atoms with van der Waals surface area (Å²) in [5.74, 6) is -0.0270. The predicted molar refractivity (Wildman–Crippen MR) is 113 cm³/mol. The SMILES string of the molecule is Cc1cccc(Cn2c(C)c(C)c3cc(C(=O)NCC4CCCO4)ccc32)c1. The van der Waals surface area contributed by atoms with Gasteiger partial charge in [0.05, 0.1) is 6.10 Å². The molecule has 4 rings (SSSR count). The Morgan fingerprint density at radius 3 is 2.79 bits per heavy atom. The van der Waals surface area contributed by atoms with Crippen LogP contribution in [0.3, 0.4) is 0 Å². The van der Waals surface area contributed by atoms with Crippen molar-refractivity contribution >= 4 is 16.8 Å². The van der Waals surface area contributed by atoms with Crippen LogP contribution in [-0.2, 0) is 11.3 Å². The monoisotopic (exact) mass is 376 g/mol. The fourth-order valence-corrected chi connectivity index (χ4v) is 4.10. The minimum Gasteiger partial charge on any atom is -0.376 e. The van der Waals surface area contributed by atoms with Gasteiger partial charge in [0.2, 0.25) is 0 Å². The largest absolute Gasteiger partial charge is 0.376 e. The maximum absolute atomic E-state index is 12.6. The normalized spacial score (nSPS) is 16.6. The van der Waals surface area contributed by atoms with Crippen LogP contribution in [0.2, 0.25) is 0 Å². The first-order chi connectivity index (χ1) is 13.5. The lowest BCUT2D eigenvalue weighted by Gasteiger charge is -2.11. The van der Waals surface area contributed by atoms with Gasteiger partial charge in [0.15, 0.2) is 0 Å². The van der Waals surface area contributed by atoms with E-state index in [1.54, 1.807) is 0 Å². The Kier molecular flexibility index (Phi) is 5.23. The van der Waals surface area contributed by atoms with Crippen LogP contribution in [0.1, 0.15) is 45.6 Å². The molecule has 1 aromatic heterocycles. The van der Waals surface area contributed by atoms with E-state index < -0.39 is 0 Å². The Morgan fingerprint density at radius 1 is 1.18 bits per heavy atom. The van der Waals surface area contributed by atoms with Gasteiger partial charge in [-0.1, -0.05) is 29.8 Å². The maximum atomic E-state index is 12.6. The summed E-state index contributed by atoms with van der Waals surface area (Å²) in [5, 5.41) is 4.17. The molecule has 1 amide bonds. The summed E-state index contributed by atoms with van der Waals surface area (Å²) >= 11 is 0. The van der Waals surface area contributed by atoms with E-state index in [2.05, 4.69) is 61.0 Å². The van der Waals surface area contributed by atoms with Crippen LogP contribution in [0, 0.1) is 20.8 Å². The molecule has 0 spiro atoms. The van der Waals surface area contributed by atoms with Crippen LogP contribution in [0.15, 0.2) is 42.5 Å². The van der Waals surface area contributed by atoms with Gasteiger partial charge in [0.25, 0.3) is 5.91 Å². The Labute approximate surface area is 166 Å². The van der Waals surface area contributed by atoms with Gasteiger partial charge < -0.3 is 14.6 Å². The summed E-state index contributed by atoms with van der Waals surface area (Å²) in [6.45, 7) is 8.64. The number of hydrogen-bond acceptors (Lipinski definition) is 2. The minimum atomic E-state index is -0.0270. The van der Waals surface area contributed by atoms with Gasteiger partial charge in [-0.15, -0.1) is 0 Å². The molecule has 3 aromatic rings. The van der Waals surface area contributed by atoms with Crippen molar-refractivity contribution in [2.75, 3.05) is 13.2 Å². The number of nitrogens with one attached hydrogen (secondary N) is 1. The molecular weight excluding hydrogens is 348 g/mol. The summed E-state index contributed by atoms with van der Waals surface area (Å²) in [7, 11) is 0. The average Bonchev–Trinajstić information content (AvgIpc) is 3.29. The first kappa shape index (κ1) is 18.8. The Bertz CT molecular complexity index is 1010. The molecule has 0 saturated carbocycles. The molecule has 4 heteroatoms. The lowest BCUT2D eigenvalue weighted by Crippen LogP contribution is -2.31. The average molecular weight is 377 g/mol. The Hall–Kier alpha value is -2.59. The second-order valence-corrected chi connectivity index (χ2v) is 7.86. The minimum absolute atomic E-state index is 0.0270. The van der Waals surface area contributed by atoms with Crippen molar-refractivity contribution in [3.63, 3.8) is 0 Å². The second-order valence-electron chi connectivity index (χ2n) is 7.86. The van der Waals surface area contributed by atoms with E-state index in [0.717, 1.165) is 31.4 Å². The summed E-state index contributed by atoms with van der Waals surface area (Å²) in [4.78, 5) is 12.6. The molecule has 1 aliphatic heterocycles. The number of fused-ring (bicyclic) bond motifs is 1. The number of benzene rings is 2.